The molecule has 0 bridgehead atoms. The summed E-state index contributed by atoms with van der Waals surface area (Å²) in [7, 11) is 0. The highest BCUT2D eigenvalue weighted by Gasteiger charge is 2.49. The smallest absolute Gasteiger partial charge is 0.00661 e. The second-order valence-electron chi connectivity index (χ2n) is 4.93. The topological polar surface area (TPSA) is 0 Å². The molecule has 0 aromatic heterocycles. The summed E-state index contributed by atoms with van der Waals surface area (Å²) in [5, 5.41) is 0. The summed E-state index contributed by atoms with van der Waals surface area (Å²) in [4.78, 5) is 0. The van der Waals surface area contributed by atoms with Crippen LogP contribution in [-0.4, -0.2) is 0 Å². The third-order valence-electron chi connectivity index (χ3n) is 3.58. The molecule has 1 saturated carbocycles. The van der Waals surface area contributed by atoms with Crippen LogP contribution in [0.3, 0.4) is 0 Å². The average Bonchev–Trinajstić information content (AvgIpc) is 1.99. The van der Waals surface area contributed by atoms with E-state index < -0.39 is 0 Å². The predicted octanol–water partition coefficient (Wildman–Crippen LogP) is 4.38. The van der Waals surface area contributed by atoms with Gasteiger partial charge in [-0.1, -0.05) is 42.5 Å². The molecule has 0 heterocycles. The van der Waals surface area contributed by atoms with Crippen LogP contribution in [0.1, 0.15) is 20.8 Å². The Kier molecular flexibility index (Phi) is 3.38. The molecule has 0 spiro atoms. The monoisotopic (exact) mass is 202 g/mol. The van der Waals surface area contributed by atoms with E-state index in [4.69, 9.17) is 0 Å². The minimum Gasteiger partial charge on any atom is -0.103 e. The van der Waals surface area contributed by atoms with Gasteiger partial charge in [0.05, 0.1) is 0 Å². The van der Waals surface area contributed by atoms with Crippen LogP contribution in [-0.2, 0) is 0 Å². The predicted molar refractivity (Wildman–Crippen MR) is 68.6 cm³/mol. The lowest BCUT2D eigenvalue weighted by Gasteiger charge is -2.53. The lowest BCUT2D eigenvalue weighted by molar-refractivity contribution is 0.0955. The fourth-order valence-corrected chi connectivity index (χ4v) is 2.96. The van der Waals surface area contributed by atoms with Crippen LogP contribution >= 0.6 is 0 Å². The second kappa shape index (κ2) is 4.22. The summed E-state index contributed by atoms with van der Waals surface area (Å²) in [6.45, 7) is 22.5. The first kappa shape index (κ1) is 12.0. The van der Waals surface area contributed by atoms with Gasteiger partial charge >= 0.3 is 0 Å². The quantitative estimate of drug-likeness (QED) is 0.593. The van der Waals surface area contributed by atoms with Crippen LogP contribution in [0.4, 0.5) is 0 Å². The SMILES string of the molecule is C=CC1C(C(=C)C)C(C(=C)C)C1C(=C)C. The molecule has 0 aromatic rings. The summed E-state index contributed by atoms with van der Waals surface area (Å²) in [6.07, 6.45) is 2.05. The highest BCUT2D eigenvalue weighted by atomic mass is 14.5. The van der Waals surface area contributed by atoms with Gasteiger partial charge in [0, 0.05) is 0 Å². The lowest BCUT2D eigenvalue weighted by Crippen LogP contribution is -2.47. The molecule has 2 unspecified atom stereocenters. The highest BCUT2D eigenvalue weighted by Crippen LogP contribution is 2.55. The van der Waals surface area contributed by atoms with Crippen molar-refractivity contribution >= 4 is 0 Å². The van der Waals surface area contributed by atoms with Crippen LogP contribution in [0.2, 0.25) is 0 Å². The molecular weight excluding hydrogens is 180 g/mol. The van der Waals surface area contributed by atoms with Crippen molar-refractivity contribution in [2.75, 3.05) is 0 Å². The minimum atomic E-state index is 0.502. The largest absolute Gasteiger partial charge is 0.103 e. The van der Waals surface area contributed by atoms with E-state index >= 15 is 0 Å². The first-order chi connectivity index (χ1) is 6.91. The van der Waals surface area contributed by atoms with E-state index in [0.717, 1.165) is 0 Å². The van der Waals surface area contributed by atoms with Gasteiger partial charge in [0.2, 0.25) is 0 Å². The normalized spacial score (nSPS) is 34.1. The van der Waals surface area contributed by atoms with Gasteiger partial charge in [-0.2, -0.15) is 0 Å². The molecule has 15 heavy (non-hydrogen) atoms. The van der Waals surface area contributed by atoms with Gasteiger partial charge < -0.3 is 0 Å². The summed E-state index contributed by atoms with van der Waals surface area (Å²) in [5.74, 6) is 2.05. The first-order valence-corrected chi connectivity index (χ1v) is 5.50. The maximum absolute atomic E-state index is 4.09. The zero-order valence-corrected chi connectivity index (χ0v) is 10.2. The molecule has 1 fully saturated rings. The van der Waals surface area contributed by atoms with E-state index in [1.807, 2.05) is 0 Å². The number of hydrogen-bond donors (Lipinski definition) is 0. The van der Waals surface area contributed by atoms with Crippen LogP contribution < -0.4 is 0 Å². The van der Waals surface area contributed by atoms with Crippen molar-refractivity contribution in [2.45, 2.75) is 20.8 Å². The fourth-order valence-electron chi connectivity index (χ4n) is 2.96. The number of hydrogen-bond acceptors (Lipinski definition) is 0. The molecule has 1 rings (SSSR count). The molecule has 0 radical (unpaired) electrons. The van der Waals surface area contributed by atoms with Crippen LogP contribution in [0.25, 0.3) is 0 Å². The molecule has 0 aliphatic heterocycles. The maximum Gasteiger partial charge on any atom is -0.00661 e. The number of rotatable bonds is 4. The fraction of sp³-hybridized carbons (Fsp3) is 0.467. The molecule has 1 aliphatic rings. The van der Waals surface area contributed by atoms with Crippen molar-refractivity contribution < 1.29 is 0 Å². The molecule has 1 aliphatic carbocycles. The Bertz CT molecular complexity index is 297. The van der Waals surface area contributed by atoms with E-state index in [1.165, 1.54) is 16.7 Å². The summed E-state index contributed by atoms with van der Waals surface area (Å²) >= 11 is 0. The molecule has 0 nitrogen and oxygen atoms in total. The third kappa shape index (κ3) is 1.86. The number of allylic oxidation sites excluding steroid dienone is 4. The van der Waals surface area contributed by atoms with Gasteiger partial charge in [-0.15, -0.1) is 6.58 Å². The van der Waals surface area contributed by atoms with Crippen molar-refractivity contribution in [3.8, 4) is 0 Å². The molecule has 0 heteroatoms. The van der Waals surface area contributed by atoms with Gasteiger partial charge in [-0.05, 0) is 44.4 Å². The van der Waals surface area contributed by atoms with Crippen LogP contribution in [0, 0.1) is 23.7 Å². The van der Waals surface area contributed by atoms with E-state index in [-0.39, 0.29) is 0 Å². The molecule has 2 atom stereocenters. The summed E-state index contributed by atoms with van der Waals surface area (Å²) < 4.78 is 0. The third-order valence-corrected chi connectivity index (χ3v) is 3.58. The molecule has 0 N–H and O–H groups in total. The van der Waals surface area contributed by atoms with Crippen molar-refractivity contribution in [1.29, 1.82) is 0 Å². The van der Waals surface area contributed by atoms with Crippen molar-refractivity contribution in [1.82, 2.24) is 0 Å². The Morgan fingerprint density at radius 1 is 0.800 bits per heavy atom. The van der Waals surface area contributed by atoms with Gasteiger partial charge in [0.15, 0.2) is 0 Å². The van der Waals surface area contributed by atoms with Crippen LogP contribution in [0.5, 0.6) is 0 Å². The van der Waals surface area contributed by atoms with Gasteiger partial charge in [-0.3, -0.25) is 0 Å². The Labute approximate surface area is 94.1 Å². The van der Waals surface area contributed by atoms with E-state index in [9.17, 15) is 0 Å². The van der Waals surface area contributed by atoms with E-state index in [1.54, 1.807) is 0 Å². The van der Waals surface area contributed by atoms with Crippen molar-refractivity contribution in [2.24, 2.45) is 23.7 Å². The summed E-state index contributed by atoms with van der Waals surface area (Å²) in [5.41, 5.74) is 3.73. The molecule has 82 valence electrons. The summed E-state index contributed by atoms with van der Waals surface area (Å²) in [6, 6.07) is 0. The van der Waals surface area contributed by atoms with E-state index in [2.05, 4.69) is 53.2 Å². The first-order valence-electron chi connectivity index (χ1n) is 5.50. The van der Waals surface area contributed by atoms with Gasteiger partial charge in [0.1, 0.15) is 0 Å². The van der Waals surface area contributed by atoms with Gasteiger partial charge in [0.25, 0.3) is 0 Å². The Morgan fingerprint density at radius 3 is 1.33 bits per heavy atom. The highest BCUT2D eigenvalue weighted by molar-refractivity contribution is 5.28. The van der Waals surface area contributed by atoms with E-state index in [0.29, 0.717) is 23.7 Å². The van der Waals surface area contributed by atoms with Crippen molar-refractivity contribution in [3.63, 3.8) is 0 Å². The Balaban J connectivity index is 3.00. The average molecular weight is 202 g/mol. The van der Waals surface area contributed by atoms with Gasteiger partial charge in [-0.25, -0.2) is 0 Å². The Morgan fingerprint density at radius 2 is 1.13 bits per heavy atom. The molecule has 0 amide bonds. The molecule has 0 aromatic carbocycles. The molecule has 0 saturated heterocycles. The lowest BCUT2D eigenvalue weighted by atomic mass is 9.51. The second-order valence-corrected chi connectivity index (χ2v) is 4.93. The van der Waals surface area contributed by atoms with Crippen molar-refractivity contribution in [3.05, 3.63) is 49.1 Å². The minimum absolute atomic E-state index is 0.502. The maximum atomic E-state index is 4.09. The standard InChI is InChI=1S/C15H22/c1-8-12-13(9(2)3)15(11(6)7)14(12)10(4)5/h8,12-15H,1-2,4,6H2,3,5,7H3. The van der Waals surface area contributed by atoms with Crippen LogP contribution in [0.15, 0.2) is 49.1 Å². The zero-order valence-electron chi connectivity index (χ0n) is 10.2. The zero-order chi connectivity index (χ0) is 11.7. The molecular formula is C15H22. The Hall–Kier alpha value is -1.04.